The maximum Gasteiger partial charge on any atom is 0.238 e. The molecule has 0 spiro atoms. The summed E-state index contributed by atoms with van der Waals surface area (Å²) in [6, 6.07) is 16.6. The van der Waals surface area contributed by atoms with Gasteiger partial charge in [-0.2, -0.15) is 0 Å². The molecule has 3 aliphatic rings. The number of carbonyl (C=O) groups is 2. The maximum atomic E-state index is 14.5. The van der Waals surface area contributed by atoms with Crippen molar-refractivity contribution in [1.29, 1.82) is 0 Å². The van der Waals surface area contributed by atoms with Gasteiger partial charge in [-0.25, -0.2) is 18.1 Å². The highest BCUT2D eigenvalue weighted by Gasteiger charge is 2.63. The van der Waals surface area contributed by atoms with Crippen LogP contribution in [0.5, 0.6) is 0 Å². The third kappa shape index (κ3) is 3.45. The highest BCUT2D eigenvalue weighted by atomic mass is 79.9. The third-order valence-electron chi connectivity index (χ3n) is 7.18. The van der Waals surface area contributed by atoms with Crippen molar-refractivity contribution in [3.63, 3.8) is 0 Å². The van der Waals surface area contributed by atoms with Crippen LogP contribution < -0.4 is 4.90 Å². The Hall–Kier alpha value is -2.97. The molecule has 0 unspecified atom stereocenters. The Morgan fingerprint density at radius 2 is 1.11 bits per heavy atom. The van der Waals surface area contributed by atoms with E-state index < -0.39 is 58.6 Å². The van der Waals surface area contributed by atoms with Gasteiger partial charge in [0, 0.05) is 32.9 Å². The molecule has 3 aromatic carbocycles. The molecule has 0 aromatic heterocycles. The Morgan fingerprint density at radius 3 is 1.53 bits per heavy atom. The number of amides is 2. The van der Waals surface area contributed by atoms with Crippen molar-refractivity contribution in [3.8, 4) is 0 Å². The van der Waals surface area contributed by atoms with E-state index in [9.17, 15) is 22.8 Å². The number of hydrogen-bond donors (Lipinski definition) is 0. The second-order valence-corrected chi connectivity index (χ2v) is 10.9. The number of rotatable bonds is 3. The van der Waals surface area contributed by atoms with Crippen LogP contribution in [-0.2, 0) is 9.59 Å². The average Bonchev–Trinajstić information content (AvgIpc) is 3.46. The summed E-state index contributed by atoms with van der Waals surface area (Å²) in [5.74, 6) is -7.41. The molecule has 4 atom stereocenters. The summed E-state index contributed by atoms with van der Waals surface area (Å²) < 4.78 is 44.4. The fourth-order valence-electron chi connectivity index (χ4n) is 5.80. The molecule has 1 aliphatic heterocycles. The molecule has 1 heterocycles. The van der Waals surface area contributed by atoms with E-state index >= 15 is 0 Å². The molecule has 36 heavy (non-hydrogen) atoms. The Bertz CT molecular complexity index is 1390. The van der Waals surface area contributed by atoms with Gasteiger partial charge in [0.25, 0.3) is 0 Å². The van der Waals surface area contributed by atoms with Crippen molar-refractivity contribution >= 4 is 54.9 Å². The summed E-state index contributed by atoms with van der Waals surface area (Å²) in [5.41, 5.74) is 2.92. The van der Waals surface area contributed by atoms with Crippen LogP contribution in [0.25, 0.3) is 5.57 Å². The van der Waals surface area contributed by atoms with Gasteiger partial charge >= 0.3 is 0 Å². The summed E-state index contributed by atoms with van der Waals surface area (Å²) in [7, 11) is 0. The predicted molar refractivity (Wildman–Crippen MR) is 136 cm³/mol. The molecule has 1 saturated carbocycles. The second-order valence-electron chi connectivity index (χ2n) is 9.06. The average molecular weight is 615 g/mol. The lowest BCUT2D eigenvalue weighted by Crippen LogP contribution is -2.34. The number of nitrogens with zero attached hydrogens (tertiary/aromatic N) is 1. The summed E-state index contributed by atoms with van der Waals surface area (Å²) >= 11 is 6.93. The lowest BCUT2D eigenvalue weighted by molar-refractivity contribution is -0.123. The highest BCUT2D eigenvalue weighted by molar-refractivity contribution is 9.10. The van der Waals surface area contributed by atoms with Crippen molar-refractivity contribution in [2.24, 2.45) is 23.7 Å². The van der Waals surface area contributed by atoms with Crippen molar-refractivity contribution in [2.45, 2.75) is 0 Å². The number of imide groups is 1. The summed E-state index contributed by atoms with van der Waals surface area (Å²) in [6.07, 6.45) is 3.82. The van der Waals surface area contributed by atoms with Crippen LogP contribution in [0.15, 0.2) is 87.3 Å². The zero-order valence-corrected chi connectivity index (χ0v) is 21.6. The minimum absolute atomic E-state index is 0.407. The zero-order valence-electron chi connectivity index (χ0n) is 18.4. The Balaban J connectivity index is 1.49. The first-order valence-electron chi connectivity index (χ1n) is 11.2. The molecule has 3 aromatic rings. The molecule has 0 radical (unpaired) electrons. The van der Waals surface area contributed by atoms with E-state index in [1.165, 1.54) is 0 Å². The molecule has 2 amide bonds. The molecule has 1 saturated heterocycles. The van der Waals surface area contributed by atoms with E-state index in [4.69, 9.17) is 0 Å². The Kier molecular flexibility index (Phi) is 5.57. The zero-order chi connectivity index (χ0) is 25.3. The fraction of sp³-hybridized carbons (Fsp3) is 0.143. The van der Waals surface area contributed by atoms with Crippen molar-refractivity contribution in [2.75, 3.05) is 4.90 Å². The van der Waals surface area contributed by atoms with Crippen LogP contribution in [0.4, 0.5) is 18.9 Å². The maximum absolute atomic E-state index is 14.5. The van der Waals surface area contributed by atoms with Gasteiger partial charge < -0.3 is 0 Å². The van der Waals surface area contributed by atoms with Crippen molar-refractivity contribution < 1.29 is 22.8 Å². The second kappa shape index (κ2) is 8.56. The molecule has 2 aliphatic carbocycles. The van der Waals surface area contributed by atoms with E-state index in [0.29, 0.717) is 17.0 Å². The van der Waals surface area contributed by atoms with Crippen LogP contribution in [-0.4, -0.2) is 11.8 Å². The standard InChI is InChI=1S/C28H16Br2F3NO2/c29-15-5-1-13(2-6-15)22(14-3-7-16(30)8-4-14)23-18-9-10-19(23)25-24(18)27(35)34(28(25)36)26-20(32)11-17(31)12-21(26)33/h1-12,18-19,24-25H/t18-,19-,24-,25-/m0/s1. The minimum Gasteiger partial charge on any atom is -0.274 e. The normalized spacial score (nSPS) is 24.1. The van der Waals surface area contributed by atoms with Crippen LogP contribution in [0.1, 0.15) is 11.1 Å². The lowest BCUT2D eigenvalue weighted by Gasteiger charge is -2.22. The largest absolute Gasteiger partial charge is 0.274 e. The van der Waals surface area contributed by atoms with E-state index in [1.807, 2.05) is 60.7 Å². The Labute approximate surface area is 221 Å². The van der Waals surface area contributed by atoms with Crippen LogP contribution in [0, 0.1) is 41.1 Å². The van der Waals surface area contributed by atoms with Gasteiger partial charge in [0.05, 0.1) is 11.8 Å². The molecule has 3 nitrogen and oxygen atoms in total. The van der Waals surface area contributed by atoms with Gasteiger partial charge in [-0.3, -0.25) is 9.59 Å². The van der Waals surface area contributed by atoms with Crippen LogP contribution in [0.2, 0.25) is 0 Å². The SMILES string of the molecule is O=C1[C@@H]2[C@@H](C(=O)N1c1c(F)cc(F)cc1F)[C@H]1C=C[C@H]2C1=C(c1ccc(Br)cc1)c1ccc(Br)cc1. The topological polar surface area (TPSA) is 37.4 Å². The van der Waals surface area contributed by atoms with Gasteiger partial charge in [0.15, 0.2) is 11.6 Å². The summed E-state index contributed by atoms with van der Waals surface area (Å²) in [4.78, 5) is 27.6. The first-order chi connectivity index (χ1) is 17.3. The first-order valence-corrected chi connectivity index (χ1v) is 12.8. The van der Waals surface area contributed by atoms with Gasteiger partial charge in [-0.1, -0.05) is 68.3 Å². The van der Waals surface area contributed by atoms with Crippen molar-refractivity contribution in [3.05, 3.63) is 116 Å². The number of fused-ring (bicyclic) bond motifs is 5. The molecule has 6 rings (SSSR count). The number of carbonyl (C=O) groups excluding carboxylic acids is 2. The quantitative estimate of drug-likeness (QED) is 0.234. The van der Waals surface area contributed by atoms with Gasteiger partial charge in [-0.05, 0) is 46.5 Å². The van der Waals surface area contributed by atoms with Gasteiger partial charge in [-0.15, -0.1) is 0 Å². The minimum atomic E-state index is -1.28. The fourth-order valence-corrected chi connectivity index (χ4v) is 6.33. The predicted octanol–water partition coefficient (Wildman–Crippen LogP) is 7.05. The molecule has 2 fully saturated rings. The lowest BCUT2D eigenvalue weighted by atomic mass is 9.85. The van der Waals surface area contributed by atoms with Gasteiger partial charge in [0.1, 0.15) is 11.5 Å². The third-order valence-corrected chi connectivity index (χ3v) is 8.23. The number of anilines is 1. The molecular weight excluding hydrogens is 599 g/mol. The summed E-state index contributed by atoms with van der Waals surface area (Å²) in [6.45, 7) is 0. The van der Waals surface area contributed by atoms with E-state index in [2.05, 4.69) is 31.9 Å². The first kappa shape index (κ1) is 23.4. The smallest absolute Gasteiger partial charge is 0.238 e. The van der Waals surface area contributed by atoms with E-state index in [1.54, 1.807) is 0 Å². The van der Waals surface area contributed by atoms with Crippen molar-refractivity contribution in [1.82, 2.24) is 0 Å². The highest BCUT2D eigenvalue weighted by Crippen LogP contribution is 2.59. The summed E-state index contributed by atoms with van der Waals surface area (Å²) in [5, 5.41) is 0. The number of halogens is 5. The Morgan fingerprint density at radius 1 is 0.694 bits per heavy atom. The monoisotopic (exact) mass is 613 g/mol. The number of hydrogen-bond acceptors (Lipinski definition) is 2. The van der Waals surface area contributed by atoms with Crippen LogP contribution >= 0.6 is 31.9 Å². The number of benzene rings is 3. The van der Waals surface area contributed by atoms with Gasteiger partial charge in [0.2, 0.25) is 11.8 Å². The molecule has 0 N–H and O–H groups in total. The van der Waals surface area contributed by atoms with E-state index in [-0.39, 0.29) is 0 Å². The molecule has 180 valence electrons. The number of allylic oxidation sites excluding steroid dienone is 3. The van der Waals surface area contributed by atoms with E-state index in [0.717, 1.165) is 31.2 Å². The molecule has 2 bridgehead atoms. The molecular formula is C28H16Br2F3NO2. The van der Waals surface area contributed by atoms with Crippen LogP contribution in [0.3, 0.4) is 0 Å². The molecule has 8 heteroatoms.